The highest BCUT2D eigenvalue weighted by molar-refractivity contribution is 6.15. The zero-order valence-electron chi connectivity index (χ0n) is 13.5. The highest BCUT2D eigenvalue weighted by Crippen LogP contribution is 2.26. The number of aryl methyl sites for hydroxylation is 1. The van der Waals surface area contributed by atoms with Crippen LogP contribution in [0.1, 0.15) is 29.7 Å². The Bertz CT molecular complexity index is 1000. The van der Waals surface area contributed by atoms with Gasteiger partial charge >= 0.3 is 0 Å². The predicted molar refractivity (Wildman–Crippen MR) is 92.8 cm³/mol. The number of anilines is 2. The number of rotatable bonds is 4. The molecule has 0 unspecified atom stereocenters. The van der Waals surface area contributed by atoms with Crippen molar-refractivity contribution in [3.8, 4) is 0 Å². The van der Waals surface area contributed by atoms with Crippen LogP contribution in [-0.4, -0.2) is 32.5 Å². The molecule has 2 aromatic heterocycles. The number of hydrogen-bond acceptors (Lipinski definition) is 8. The summed E-state index contributed by atoms with van der Waals surface area (Å²) in [5.41, 5.74) is 8.97. The van der Waals surface area contributed by atoms with Crippen LogP contribution in [0.15, 0.2) is 28.9 Å². The van der Waals surface area contributed by atoms with E-state index in [0.29, 0.717) is 46.6 Å². The average molecular weight is 336 g/mol. The van der Waals surface area contributed by atoms with Gasteiger partial charge in [0.05, 0.1) is 17.0 Å². The number of oxazole rings is 1. The van der Waals surface area contributed by atoms with Gasteiger partial charge in [-0.15, -0.1) is 0 Å². The molecule has 0 bridgehead atoms. The molecule has 3 aromatic rings. The minimum Gasteiger partial charge on any atom is -0.424 e. The van der Waals surface area contributed by atoms with Crippen molar-refractivity contribution < 1.29 is 9.21 Å². The molecule has 0 saturated heterocycles. The van der Waals surface area contributed by atoms with Crippen molar-refractivity contribution in [3.63, 3.8) is 0 Å². The number of aromatic nitrogens is 3. The van der Waals surface area contributed by atoms with Crippen LogP contribution >= 0.6 is 0 Å². The lowest BCUT2D eigenvalue weighted by Crippen LogP contribution is -2.36. The number of hydrogen-bond donors (Lipinski definition) is 3. The second-order valence-electron chi connectivity index (χ2n) is 6.08. The lowest BCUT2D eigenvalue weighted by molar-refractivity contribution is -0.124. The van der Waals surface area contributed by atoms with Crippen molar-refractivity contribution in [2.24, 2.45) is 0 Å². The molecule has 8 nitrogen and oxygen atoms in total. The number of carbonyl (C=O) groups excluding carboxylic acids is 1. The molecule has 1 aliphatic carbocycles. The summed E-state index contributed by atoms with van der Waals surface area (Å²) >= 11 is 0. The van der Waals surface area contributed by atoms with E-state index in [1.807, 2.05) is 6.92 Å². The van der Waals surface area contributed by atoms with Gasteiger partial charge in [-0.05, 0) is 25.1 Å². The molecule has 1 fully saturated rings. The second-order valence-corrected chi connectivity index (χ2v) is 6.08. The van der Waals surface area contributed by atoms with Crippen LogP contribution in [0.5, 0.6) is 0 Å². The summed E-state index contributed by atoms with van der Waals surface area (Å²) in [6.07, 6.45) is 2.43. The zero-order chi connectivity index (χ0) is 17.6. The van der Waals surface area contributed by atoms with Crippen LogP contribution in [0.3, 0.4) is 0 Å². The number of fused-ring (bicyclic) bond motifs is 1. The lowest BCUT2D eigenvalue weighted by atomic mass is 9.91. The highest BCUT2D eigenvalue weighted by atomic mass is 16.4. The Morgan fingerprint density at radius 1 is 1.36 bits per heavy atom. The molecule has 4 rings (SSSR count). The Labute approximate surface area is 143 Å². The van der Waals surface area contributed by atoms with Crippen molar-refractivity contribution in [1.82, 2.24) is 15.0 Å². The second kappa shape index (κ2) is 5.66. The van der Waals surface area contributed by atoms with E-state index in [0.717, 1.165) is 0 Å². The quantitative estimate of drug-likeness (QED) is 0.621. The van der Waals surface area contributed by atoms with E-state index in [2.05, 4.69) is 20.3 Å². The van der Waals surface area contributed by atoms with E-state index in [1.54, 1.807) is 18.2 Å². The van der Waals surface area contributed by atoms with Gasteiger partial charge in [-0.25, -0.2) is 9.97 Å². The molecule has 0 amide bonds. The Balaban J connectivity index is 1.71. The van der Waals surface area contributed by atoms with Crippen LogP contribution in [0.2, 0.25) is 0 Å². The van der Waals surface area contributed by atoms with Crippen LogP contribution in [0, 0.1) is 12.3 Å². The fourth-order valence-electron chi connectivity index (χ4n) is 2.91. The van der Waals surface area contributed by atoms with Gasteiger partial charge in [0.15, 0.2) is 5.58 Å². The third-order valence-electron chi connectivity index (χ3n) is 4.27. The molecular formula is C17H16N6O2. The molecule has 0 atom stereocenters. The summed E-state index contributed by atoms with van der Waals surface area (Å²) in [6, 6.07) is 5.42. The van der Waals surface area contributed by atoms with Crippen molar-refractivity contribution in [2.45, 2.75) is 25.8 Å². The minimum atomic E-state index is 0.0613. The van der Waals surface area contributed by atoms with Gasteiger partial charge in [-0.2, -0.15) is 4.98 Å². The van der Waals surface area contributed by atoms with Gasteiger partial charge in [-0.1, -0.05) is 0 Å². The van der Waals surface area contributed by atoms with Gasteiger partial charge in [0.25, 0.3) is 6.01 Å². The fourth-order valence-corrected chi connectivity index (χ4v) is 2.91. The number of nitrogen functional groups attached to an aromatic ring is 1. The summed E-state index contributed by atoms with van der Waals surface area (Å²) in [5.74, 6) is 0.795. The van der Waals surface area contributed by atoms with Gasteiger partial charge in [0.1, 0.15) is 23.4 Å². The minimum absolute atomic E-state index is 0.0613. The number of nitrogens with zero attached hydrogens (tertiary/aromatic N) is 3. The number of nitrogens with one attached hydrogen (secondary N) is 2. The summed E-state index contributed by atoms with van der Waals surface area (Å²) in [6.45, 7) is 1.83. The van der Waals surface area contributed by atoms with Crippen LogP contribution in [0.4, 0.5) is 11.8 Å². The molecule has 0 aliphatic heterocycles. The average Bonchev–Trinajstić information content (AvgIpc) is 2.92. The first-order valence-corrected chi connectivity index (χ1v) is 7.86. The molecule has 1 aromatic carbocycles. The van der Waals surface area contributed by atoms with Crippen molar-refractivity contribution in [1.29, 1.82) is 5.41 Å². The predicted octanol–water partition coefficient (Wildman–Crippen LogP) is 2.07. The lowest BCUT2D eigenvalue weighted by Gasteiger charge is -2.27. The monoisotopic (exact) mass is 336 g/mol. The normalized spacial score (nSPS) is 14.5. The van der Waals surface area contributed by atoms with E-state index in [4.69, 9.17) is 15.6 Å². The first-order valence-electron chi connectivity index (χ1n) is 7.86. The first kappa shape index (κ1) is 15.3. The van der Waals surface area contributed by atoms with Crippen LogP contribution < -0.4 is 11.1 Å². The van der Waals surface area contributed by atoms with E-state index < -0.39 is 0 Å². The smallest absolute Gasteiger partial charge is 0.292 e. The molecular weight excluding hydrogens is 320 g/mol. The molecule has 0 radical (unpaired) electrons. The maximum atomic E-state index is 11.2. The zero-order valence-corrected chi connectivity index (χ0v) is 13.5. The number of Topliss-reactive ketones (excluding diaryl/α,β-unsaturated/α-hetero) is 1. The van der Waals surface area contributed by atoms with Gasteiger partial charge < -0.3 is 15.5 Å². The number of ketones is 1. The van der Waals surface area contributed by atoms with Crippen molar-refractivity contribution in [2.75, 3.05) is 11.1 Å². The first-order chi connectivity index (χ1) is 12.0. The van der Waals surface area contributed by atoms with E-state index in [1.165, 1.54) is 6.33 Å². The van der Waals surface area contributed by atoms with E-state index in [9.17, 15) is 4.79 Å². The Morgan fingerprint density at radius 2 is 2.16 bits per heavy atom. The molecule has 8 heteroatoms. The highest BCUT2D eigenvalue weighted by Gasteiger charge is 2.28. The van der Waals surface area contributed by atoms with Gasteiger partial charge in [0.2, 0.25) is 0 Å². The van der Waals surface area contributed by atoms with Crippen molar-refractivity contribution in [3.05, 3.63) is 41.3 Å². The number of nitrogens with two attached hydrogens (primary N) is 1. The summed E-state index contributed by atoms with van der Waals surface area (Å²) in [7, 11) is 0. The maximum Gasteiger partial charge on any atom is 0.292 e. The third-order valence-corrected chi connectivity index (χ3v) is 4.27. The number of benzene rings is 1. The molecule has 2 heterocycles. The Morgan fingerprint density at radius 3 is 2.92 bits per heavy atom. The molecule has 0 spiro atoms. The van der Waals surface area contributed by atoms with Crippen molar-refractivity contribution >= 4 is 34.4 Å². The largest absolute Gasteiger partial charge is 0.424 e. The molecule has 4 N–H and O–H groups in total. The number of carbonyl (C=O) groups is 1. The van der Waals surface area contributed by atoms with Crippen LogP contribution in [0.25, 0.3) is 11.1 Å². The SMILES string of the molecule is Cc1ncnc(NC2CC(=O)C2)c1C(=N)c1ccc2oc(N)nc2c1. The standard InChI is InChI=1S/C17H16N6O2/c1-8-14(16(21-7-20-8)22-10-5-11(24)6-10)15(18)9-2-3-13-12(4-9)23-17(19)25-13/h2-4,7,10,18H,5-6H2,1H3,(H2,19,23)(H,20,21,22). The topological polar surface area (TPSA) is 131 Å². The summed E-state index contributed by atoms with van der Waals surface area (Å²) < 4.78 is 5.27. The third kappa shape index (κ3) is 2.71. The molecule has 1 saturated carbocycles. The maximum absolute atomic E-state index is 11.2. The molecule has 126 valence electrons. The van der Waals surface area contributed by atoms with E-state index in [-0.39, 0.29) is 23.6 Å². The Kier molecular flexibility index (Phi) is 3.45. The Hall–Kier alpha value is -3.29. The van der Waals surface area contributed by atoms with Gasteiger partial charge in [-0.3, -0.25) is 10.2 Å². The van der Waals surface area contributed by atoms with Gasteiger partial charge in [0, 0.05) is 24.4 Å². The summed E-state index contributed by atoms with van der Waals surface area (Å²) in [4.78, 5) is 23.8. The van der Waals surface area contributed by atoms with E-state index >= 15 is 0 Å². The summed E-state index contributed by atoms with van der Waals surface area (Å²) in [5, 5.41) is 11.9. The molecule has 25 heavy (non-hydrogen) atoms. The molecule has 1 aliphatic rings. The fraction of sp³-hybridized carbons (Fsp3) is 0.235. The van der Waals surface area contributed by atoms with Crippen LogP contribution in [-0.2, 0) is 4.79 Å².